The average Bonchev–Trinajstić information content (AvgIpc) is 3.33. The number of para-hydroxylation sites is 1. The van der Waals surface area contributed by atoms with E-state index in [1.807, 2.05) is 38.1 Å². The Morgan fingerprint density at radius 3 is 2.64 bits per heavy atom. The Hall–Kier alpha value is -4.21. The van der Waals surface area contributed by atoms with Crippen LogP contribution in [0.5, 0.6) is 5.75 Å². The van der Waals surface area contributed by atoms with Crippen LogP contribution in [-0.4, -0.2) is 32.0 Å². The molecule has 0 fully saturated rings. The molecule has 9 nitrogen and oxygen atoms in total. The fourth-order valence-electron chi connectivity index (χ4n) is 3.13. The number of aryl methyl sites for hydroxylation is 1. The lowest BCUT2D eigenvalue weighted by molar-refractivity contribution is 0.102. The highest BCUT2D eigenvalue weighted by atomic mass is 19.1. The zero-order valence-electron chi connectivity index (χ0n) is 18.4. The number of hydrogen-bond donors (Lipinski definition) is 2. The minimum absolute atomic E-state index is 0.0262. The standard InChI is InChI=1S/C23H23FN6O3/c1-13(2)32-16-10-8-15(9-11-16)23-27-19(14(3)33-23)12-30-21(25)20(28-29-30)22(31)26-18-7-5-4-6-17(18)24/h4-11,13H,12,25H2,1-3H3,(H,26,31). The van der Waals surface area contributed by atoms with Crippen LogP contribution in [0.15, 0.2) is 52.9 Å². The molecule has 0 spiro atoms. The fraction of sp³-hybridized carbons (Fsp3) is 0.217. The predicted octanol–water partition coefficient (Wildman–Crippen LogP) is 4.05. The monoisotopic (exact) mass is 450 g/mol. The molecule has 2 heterocycles. The van der Waals surface area contributed by atoms with Crippen molar-refractivity contribution in [3.05, 3.63) is 71.5 Å². The minimum Gasteiger partial charge on any atom is -0.491 e. The van der Waals surface area contributed by atoms with Gasteiger partial charge in [-0.25, -0.2) is 14.1 Å². The molecule has 0 saturated heterocycles. The second-order valence-corrected chi connectivity index (χ2v) is 7.63. The van der Waals surface area contributed by atoms with Gasteiger partial charge in [-0.1, -0.05) is 17.3 Å². The van der Waals surface area contributed by atoms with E-state index in [0.29, 0.717) is 17.3 Å². The van der Waals surface area contributed by atoms with Gasteiger partial charge in [0, 0.05) is 5.56 Å². The normalized spacial score (nSPS) is 11.1. The number of rotatable bonds is 7. The number of anilines is 2. The maximum absolute atomic E-state index is 13.8. The Morgan fingerprint density at radius 2 is 1.94 bits per heavy atom. The number of oxazole rings is 1. The summed E-state index contributed by atoms with van der Waals surface area (Å²) in [5.74, 6) is 0.586. The zero-order valence-corrected chi connectivity index (χ0v) is 18.4. The molecule has 0 aliphatic heterocycles. The number of nitrogens with one attached hydrogen (secondary N) is 1. The molecular weight excluding hydrogens is 427 g/mol. The molecule has 10 heteroatoms. The molecule has 0 unspecified atom stereocenters. The summed E-state index contributed by atoms with van der Waals surface area (Å²) in [7, 11) is 0. The molecule has 33 heavy (non-hydrogen) atoms. The molecule has 3 N–H and O–H groups in total. The third-order valence-corrected chi connectivity index (χ3v) is 4.78. The number of ether oxygens (including phenoxy) is 1. The van der Waals surface area contributed by atoms with E-state index < -0.39 is 11.7 Å². The van der Waals surface area contributed by atoms with Gasteiger partial charge in [0.2, 0.25) is 5.89 Å². The maximum atomic E-state index is 13.8. The van der Waals surface area contributed by atoms with Crippen LogP contribution in [0.1, 0.15) is 35.8 Å². The van der Waals surface area contributed by atoms with Crippen LogP contribution in [0.2, 0.25) is 0 Å². The predicted molar refractivity (Wildman–Crippen MR) is 120 cm³/mol. The van der Waals surface area contributed by atoms with Gasteiger partial charge in [-0.3, -0.25) is 4.79 Å². The lowest BCUT2D eigenvalue weighted by Gasteiger charge is -2.09. The van der Waals surface area contributed by atoms with Crippen molar-refractivity contribution in [2.75, 3.05) is 11.1 Å². The van der Waals surface area contributed by atoms with Crippen molar-refractivity contribution in [3.63, 3.8) is 0 Å². The molecule has 0 aliphatic rings. The Bertz CT molecular complexity index is 1280. The van der Waals surface area contributed by atoms with Crippen LogP contribution in [0.3, 0.4) is 0 Å². The number of carbonyl (C=O) groups excluding carboxylic acids is 1. The molecule has 0 bridgehead atoms. The molecule has 4 aromatic rings. The summed E-state index contributed by atoms with van der Waals surface area (Å²) in [6.07, 6.45) is 0.0817. The molecule has 0 radical (unpaired) electrons. The second kappa shape index (κ2) is 9.11. The van der Waals surface area contributed by atoms with Crippen molar-refractivity contribution in [2.24, 2.45) is 0 Å². The smallest absolute Gasteiger partial charge is 0.280 e. The summed E-state index contributed by atoms with van der Waals surface area (Å²) >= 11 is 0. The van der Waals surface area contributed by atoms with Gasteiger partial charge >= 0.3 is 0 Å². The van der Waals surface area contributed by atoms with Crippen molar-refractivity contribution in [3.8, 4) is 17.2 Å². The summed E-state index contributed by atoms with van der Waals surface area (Å²) in [5, 5.41) is 10.2. The summed E-state index contributed by atoms with van der Waals surface area (Å²) in [6.45, 7) is 5.85. The third-order valence-electron chi connectivity index (χ3n) is 4.78. The van der Waals surface area contributed by atoms with Crippen molar-refractivity contribution in [2.45, 2.75) is 33.4 Å². The van der Waals surface area contributed by atoms with Gasteiger partial charge in [0.25, 0.3) is 5.91 Å². The summed E-state index contributed by atoms with van der Waals surface area (Å²) in [4.78, 5) is 17.0. The molecule has 170 valence electrons. The molecular formula is C23H23FN6O3. The quantitative estimate of drug-likeness (QED) is 0.436. The van der Waals surface area contributed by atoms with Crippen LogP contribution in [0.4, 0.5) is 15.9 Å². The molecule has 4 rings (SSSR count). The number of nitrogens with zero attached hydrogens (tertiary/aromatic N) is 4. The number of hydrogen-bond acceptors (Lipinski definition) is 7. The minimum atomic E-state index is -0.662. The van der Waals surface area contributed by atoms with Crippen molar-refractivity contribution < 1.29 is 18.3 Å². The summed E-state index contributed by atoms with van der Waals surface area (Å²) < 4.78 is 26.6. The fourth-order valence-corrected chi connectivity index (χ4v) is 3.13. The number of benzene rings is 2. The van der Waals surface area contributed by atoms with Gasteiger partial charge in [0.05, 0.1) is 18.3 Å². The highest BCUT2D eigenvalue weighted by molar-refractivity contribution is 6.05. The van der Waals surface area contributed by atoms with E-state index in [4.69, 9.17) is 14.9 Å². The largest absolute Gasteiger partial charge is 0.491 e. The average molecular weight is 450 g/mol. The molecule has 0 atom stereocenters. The molecule has 0 saturated carbocycles. The van der Waals surface area contributed by atoms with E-state index in [-0.39, 0.29) is 29.8 Å². The Balaban J connectivity index is 1.50. The van der Waals surface area contributed by atoms with Crippen LogP contribution in [-0.2, 0) is 6.54 Å². The summed E-state index contributed by atoms with van der Waals surface area (Å²) in [6, 6.07) is 13.2. The number of nitrogen functional groups attached to an aromatic ring is 1. The topological polar surface area (TPSA) is 121 Å². The van der Waals surface area contributed by atoms with Crippen molar-refractivity contribution >= 4 is 17.4 Å². The van der Waals surface area contributed by atoms with Gasteiger partial charge in [-0.15, -0.1) is 5.10 Å². The number of carbonyl (C=O) groups is 1. The zero-order chi connectivity index (χ0) is 23.5. The first-order valence-corrected chi connectivity index (χ1v) is 10.3. The van der Waals surface area contributed by atoms with Gasteiger partial charge < -0.3 is 20.2 Å². The Kier molecular flexibility index (Phi) is 6.07. The lowest BCUT2D eigenvalue weighted by Crippen LogP contribution is -2.16. The number of halogens is 1. The van der Waals surface area contributed by atoms with E-state index in [1.165, 1.54) is 22.9 Å². The van der Waals surface area contributed by atoms with E-state index in [1.54, 1.807) is 13.0 Å². The van der Waals surface area contributed by atoms with Crippen LogP contribution in [0, 0.1) is 12.7 Å². The van der Waals surface area contributed by atoms with Gasteiger partial charge in [0.15, 0.2) is 11.5 Å². The van der Waals surface area contributed by atoms with Gasteiger partial charge in [-0.05, 0) is 57.2 Å². The summed E-state index contributed by atoms with van der Waals surface area (Å²) in [5.41, 5.74) is 7.37. The molecule has 2 aromatic carbocycles. The number of nitrogens with two attached hydrogens (primary N) is 1. The SMILES string of the molecule is Cc1oc(-c2ccc(OC(C)C)cc2)nc1Cn1nnc(C(=O)Nc2ccccc2F)c1N. The van der Waals surface area contributed by atoms with Gasteiger partial charge in [0.1, 0.15) is 23.0 Å². The highest BCUT2D eigenvalue weighted by Gasteiger charge is 2.21. The first-order chi connectivity index (χ1) is 15.8. The molecule has 1 amide bonds. The Morgan fingerprint density at radius 1 is 1.21 bits per heavy atom. The van der Waals surface area contributed by atoms with E-state index in [9.17, 15) is 9.18 Å². The first-order valence-electron chi connectivity index (χ1n) is 10.3. The lowest BCUT2D eigenvalue weighted by atomic mass is 10.2. The maximum Gasteiger partial charge on any atom is 0.280 e. The van der Waals surface area contributed by atoms with Crippen molar-refractivity contribution in [1.29, 1.82) is 0 Å². The first kappa shape index (κ1) is 22.0. The van der Waals surface area contributed by atoms with Crippen LogP contribution in [0.25, 0.3) is 11.5 Å². The van der Waals surface area contributed by atoms with E-state index in [0.717, 1.165) is 11.3 Å². The molecule has 2 aromatic heterocycles. The number of aromatic nitrogens is 4. The van der Waals surface area contributed by atoms with Crippen LogP contribution >= 0.6 is 0 Å². The number of amides is 1. The van der Waals surface area contributed by atoms with E-state index in [2.05, 4.69) is 20.6 Å². The molecule has 0 aliphatic carbocycles. The second-order valence-electron chi connectivity index (χ2n) is 7.63. The third kappa shape index (κ3) is 4.84. The highest BCUT2D eigenvalue weighted by Crippen LogP contribution is 2.25. The van der Waals surface area contributed by atoms with Gasteiger partial charge in [-0.2, -0.15) is 0 Å². The van der Waals surface area contributed by atoms with Crippen molar-refractivity contribution in [1.82, 2.24) is 20.0 Å². The Labute approximate surface area is 189 Å². The van der Waals surface area contributed by atoms with E-state index >= 15 is 0 Å². The van der Waals surface area contributed by atoms with Crippen LogP contribution < -0.4 is 15.8 Å².